The highest BCUT2D eigenvalue weighted by Gasteiger charge is 2.51. The van der Waals surface area contributed by atoms with Crippen molar-refractivity contribution in [3.05, 3.63) is 275 Å². The average Bonchev–Trinajstić information content (AvgIpc) is 1.34. The average molecular weight is 1690 g/mol. The predicted molar refractivity (Wildman–Crippen MR) is 465 cm³/mol. The van der Waals surface area contributed by atoms with Crippen molar-refractivity contribution in [2.75, 3.05) is 62.9 Å². The van der Waals surface area contributed by atoms with Crippen LogP contribution in [0.4, 0.5) is 28.6 Å². The number of thiazole rings is 1. The number of H-pyrrole nitrogens is 1. The Kier molecular flexibility index (Phi) is 32.1. The van der Waals surface area contributed by atoms with Gasteiger partial charge in [-0.25, -0.2) is 9.78 Å². The molecule has 6 heterocycles. The highest BCUT2D eigenvalue weighted by molar-refractivity contribution is 7.09. The number of likely N-dealkylation sites (tertiary alicyclic amines) is 1. The first-order valence-electron chi connectivity index (χ1n) is 42.7. The first-order chi connectivity index (χ1) is 57.0. The van der Waals surface area contributed by atoms with Gasteiger partial charge in [-0.15, -0.1) is 0 Å². The van der Waals surface area contributed by atoms with E-state index in [-0.39, 0.29) is 82.4 Å². The number of nitrogens with one attached hydrogen (secondary N) is 3. The molecule has 4 bridgehead atoms. The third-order valence-electron chi connectivity index (χ3n) is 25.3. The number of esters is 1. The number of ketones is 1. The van der Waals surface area contributed by atoms with E-state index in [0.29, 0.717) is 53.9 Å². The minimum atomic E-state index is -0.902. The summed E-state index contributed by atoms with van der Waals surface area (Å²) >= 11 is 1.71. The minimum absolute atomic E-state index is 0. The normalized spacial score (nSPS) is 21.6. The highest BCUT2D eigenvalue weighted by Crippen LogP contribution is 2.57. The largest absolute Gasteiger partial charge is 1.00 e. The number of unbranched alkanes of at least 4 members (excludes halogenated alkanes) is 2. The number of rotatable bonds is 24. The van der Waals surface area contributed by atoms with Crippen molar-refractivity contribution in [2.45, 2.75) is 187 Å². The number of non-ortho nitro benzene ring substituents is 1. The second kappa shape index (κ2) is 42.4. The molecule has 4 saturated carbocycles. The smallest absolute Gasteiger partial charge is 0.335 e. The number of fused-ring (bicyclic) bond motifs is 6. The number of nitrogens with zero attached hydrogens (tertiary/aromatic N) is 6. The molecule has 3 aromatic heterocycles. The van der Waals surface area contributed by atoms with E-state index in [0.717, 1.165) is 137 Å². The number of nitrogens with two attached hydrogens (primary N) is 1. The fourth-order valence-electron chi connectivity index (χ4n) is 18.9. The molecule has 23 heteroatoms. The molecule has 120 heavy (non-hydrogen) atoms. The maximum absolute atomic E-state index is 12.9. The van der Waals surface area contributed by atoms with Gasteiger partial charge in [0.1, 0.15) is 29.9 Å². The first kappa shape index (κ1) is 90.7. The number of aromatic carboxylic acids is 1. The lowest BCUT2D eigenvalue weighted by molar-refractivity contribution is -0.690. The van der Waals surface area contributed by atoms with Crippen LogP contribution in [0.25, 0.3) is 0 Å². The van der Waals surface area contributed by atoms with Gasteiger partial charge < -0.3 is 65.1 Å². The molecule has 0 radical (unpaired) electrons. The Morgan fingerprint density at radius 3 is 1.79 bits per heavy atom. The van der Waals surface area contributed by atoms with Crippen LogP contribution in [0.5, 0.6) is 11.5 Å². The monoisotopic (exact) mass is 1690 g/mol. The number of hydrogen-bond donors (Lipinski definition) is 4. The Balaban J connectivity index is 0.000000148. The molecule has 18 rings (SSSR count). The van der Waals surface area contributed by atoms with Crippen LogP contribution in [-0.4, -0.2) is 93.5 Å². The van der Waals surface area contributed by atoms with Crippen molar-refractivity contribution in [1.82, 2.24) is 14.5 Å². The Labute approximate surface area is 723 Å². The fourth-order valence-corrected chi connectivity index (χ4v) is 19.9. The number of anilines is 3. The second-order valence-corrected chi connectivity index (χ2v) is 35.3. The van der Waals surface area contributed by atoms with Crippen molar-refractivity contribution in [3.8, 4) is 11.5 Å². The molecule has 0 spiro atoms. The van der Waals surface area contributed by atoms with Gasteiger partial charge in [0, 0.05) is 108 Å². The number of nitro benzene ring substituents is 1. The number of ether oxygens (including phenoxy) is 3. The van der Waals surface area contributed by atoms with E-state index < -0.39 is 5.97 Å². The van der Waals surface area contributed by atoms with Crippen LogP contribution in [0, 0.1) is 70.3 Å². The number of halogens is 2. The quantitative estimate of drug-likeness (QED) is 0.00835. The number of hydrogen-bond acceptors (Lipinski definition) is 15. The number of nitroso groups, excluding NO2 is 1. The van der Waals surface area contributed by atoms with Gasteiger partial charge in [-0.3, -0.25) is 24.6 Å². The SMILES string of the molecule is CC(=O)c1ccc2c(c1)C1C=CCC1C(c1ccc([N+](=O)[O-])cc1)N2.CC(C)(C)c1ccc(OCCN2CCCCC2)cc1.CCc1ccc(OCCCCCn2cccc2)cc1.C[N+](=O)c1ccc(C2Nc3ccc(C(=O)O)cc3C3C=CCC32)cc1.Cc1nc(N)c(C[n+]2csc(CCOC(=O)C3C4CC5CC(C4)CC3C5)c2C)c[nH+]1.[Cl-].[Cl-]. The summed E-state index contributed by atoms with van der Waals surface area (Å²) in [6.45, 7) is 21.9. The molecule has 20 nitrogen and oxygen atoms in total. The number of nitrogen functional groups attached to an aromatic ring is 1. The van der Waals surface area contributed by atoms with E-state index in [9.17, 15) is 34.5 Å². The van der Waals surface area contributed by atoms with Gasteiger partial charge in [-0.2, -0.15) is 4.57 Å². The summed E-state index contributed by atoms with van der Waals surface area (Å²) in [7, 11) is 1.49. The number of carbonyl (C=O) groups is 3. The molecule has 6 aliphatic carbocycles. The molecule has 5 fully saturated rings. The van der Waals surface area contributed by atoms with Crippen LogP contribution in [0.3, 0.4) is 0 Å². The molecule has 1 saturated heterocycles. The first-order valence-corrected chi connectivity index (χ1v) is 43.6. The lowest BCUT2D eigenvalue weighted by Crippen LogP contribution is -3.00. The number of carboxylic acid groups (broad SMARTS) is 1. The summed E-state index contributed by atoms with van der Waals surface area (Å²) in [5, 5.41) is 27.3. The Hall–Kier alpha value is -10.1. The van der Waals surface area contributed by atoms with Crippen LogP contribution in [0.15, 0.2) is 194 Å². The van der Waals surface area contributed by atoms with Crippen LogP contribution in [-0.2, 0) is 40.9 Å². The van der Waals surface area contributed by atoms with Gasteiger partial charge in [0.25, 0.3) is 23.0 Å². The lowest BCUT2D eigenvalue weighted by Gasteiger charge is -2.53. The Morgan fingerprint density at radius 2 is 1.25 bits per heavy atom. The second-order valence-electron chi connectivity index (χ2n) is 34.3. The van der Waals surface area contributed by atoms with E-state index >= 15 is 0 Å². The van der Waals surface area contributed by atoms with Gasteiger partial charge in [0.15, 0.2) is 25.1 Å². The zero-order valence-electron chi connectivity index (χ0n) is 70.6. The number of carboxylic acids is 1. The number of Topliss-reactive ketones (excluding diaryl/α,β-unsaturated/α-hetero) is 1. The maximum atomic E-state index is 12.9. The maximum Gasteiger partial charge on any atom is 0.335 e. The molecule has 9 aromatic rings. The summed E-state index contributed by atoms with van der Waals surface area (Å²) < 4.78 is 22.6. The number of nitro groups is 1. The summed E-state index contributed by atoms with van der Waals surface area (Å²) in [5.74, 6) is 6.86. The van der Waals surface area contributed by atoms with Gasteiger partial charge in [0.05, 0.1) is 46.6 Å². The molecule has 3 aliphatic heterocycles. The molecular weight excluding hydrogens is 1570 g/mol. The number of benzene rings is 6. The van der Waals surface area contributed by atoms with E-state index in [1.807, 2.05) is 73.8 Å². The number of aromatic nitrogens is 4. The van der Waals surface area contributed by atoms with Crippen molar-refractivity contribution < 1.29 is 77.7 Å². The van der Waals surface area contributed by atoms with Crippen LogP contribution < -0.4 is 60.2 Å². The zero-order chi connectivity index (χ0) is 83.0. The van der Waals surface area contributed by atoms with E-state index in [2.05, 4.69) is 172 Å². The van der Waals surface area contributed by atoms with Crippen molar-refractivity contribution in [1.29, 1.82) is 0 Å². The topological polar surface area (TPSA) is 252 Å². The molecule has 0 amide bonds. The van der Waals surface area contributed by atoms with Crippen LogP contribution in [0.1, 0.15) is 218 Å². The molecule has 9 aliphatic rings. The molecule has 6 aromatic carbocycles. The van der Waals surface area contributed by atoms with Crippen molar-refractivity contribution in [3.63, 3.8) is 0 Å². The number of allylic oxidation sites excluding steroid dienone is 4. The fraction of sp³-hybridized carbons (Fsp3) is 0.443. The van der Waals surface area contributed by atoms with Gasteiger partial charge >= 0.3 is 11.9 Å². The van der Waals surface area contributed by atoms with E-state index in [1.54, 1.807) is 42.5 Å². The van der Waals surface area contributed by atoms with Crippen LogP contribution in [0.2, 0.25) is 0 Å². The summed E-state index contributed by atoms with van der Waals surface area (Å²) in [6.07, 6.45) is 32.7. The number of aromatic amines is 1. The predicted octanol–water partition coefficient (Wildman–Crippen LogP) is 13.7. The standard InChI is InChI=1S/C23H31N4O2S.2C20H18N2O3.C17H27NO.C17H23NO.2ClH/c1-13-20(30-12-27(13)11-19-10-25-14(2)26-22(19)24)3-4-29-23(28)21-17-6-15-5-16(8-17)9-18(21)7-15;1-22(25)14-8-5-12(6-9-14)19-16-4-2-3-15(16)17-11-13(20(23)24)7-10-18(17)21-19;1-12(23)14-7-10-19-18(11-14)16-3-2-4-17(16)20(21-19)13-5-8-15(9-6-13)22(24)25;1-17(2,3)15-7-9-16(10-8-15)19-14-13-18-11-5-4-6-12-18;1-2-16-8-10-17(11-9-16)19-15-7-3-4-12-18-13-5-6-14-18;;/h10,12,15-18,21H,3-9,11H2,1-2H3,(H2,24,25,26);2-3,5-11,15-16,19,21H,4H2,1H3;2-3,5-11,16-17,20-21H,4H2,1H3;7-10H,4-6,11-14H2,1-3H3;5-6,8-11,13-14H,2-4,7,12,15H2,1H3;2*1H/q+1;;;;;;. The van der Waals surface area contributed by atoms with Crippen LogP contribution >= 0.6 is 11.3 Å². The number of aryl methyl sites for hydroxylation is 3. The Bertz CT molecular complexity index is 4790. The third kappa shape index (κ3) is 23.3. The highest BCUT2D eigenvalue weighted by atomic mass is 35.5. The summed E-state index contributed by atoms with van der Waals surface area (Å²) in [6, 6.07) is 46.9. The Morgan fingerprint density at radius 1 is 0.692 bits per heavy atom. The van der Waals surface area contributed by atoms with Gasteiger partial charge in [0.2, 0.25) is 5.51 Å². The summed E-state index contributed by atoms with van der Waals surface area (Å²) in [5.41, 5.74) is 21.5. The third-order valence-corrected chi connectivity index (χ3v) is 26.4. The molecule has 636 valence electrons. The summed E-state index contributed by atoms with van der Waals surface area (Å²) in [4.78, 5) is 69.0. The zero-order valence-corrected chi connectivity index (χ0v) is 73.0. The van der Waals surface area contributed by atoms with Crippen molar-refractivity contribution in [2.24, 2.45) is 41.4 Å². The van der Waals surface area contributed by atoms with Gasteiger partial charge in [-0.05, 0) is 256 Å². The minimum Gasteiger partial charge on any atom is -1.00 e. The molecule has 6 unspecified atom stereocenters. The van der Waals surface area contributed by atoms with E-state index in [1.165, 1.54) is 106 Å². The molecular formula is C97H119Cl2N10O10S+. The van der Waals surface area contributed by atoms with Crippen molar-refractivity contribution >= 4 is 57.6 Å². The number of carbonyl (C=O) groups excluding carboxylic acids is 2. The van der Waals surface area contributed by atoms with E-state index in [4.69, 9.17) is 19.9 Å². The number of piperidine rings is 1. The molecule has 6 atom stereocenters. The molecule has 6 N–H and O–H groups in total. The van der Waals surface area contributed by atoms with Gasteiger partial charge in [-0.1, -0.05) is 118 Å². The lowest BCUT2D eigenvalue weighted by atomic mass is 9.52.